The lowest BCUT2D eigenvalue weighted by Gasteiger charge is -2.06. The number of nitrogens with one attached hydrogen (secondary N) is 2. The van der Waals surface area contributed by atoms with Gasteiger partial charge in [0.15, 0.2) is 0 Å². The summed E-state index contributed by atoms with van der Waals surface area (Å²) in [6.07, 6.45) is 1.65. The molecule has 0 spiro atoms. The Balaban J connectivity index is 3.17. The molecule has 0 aromatic carbocycles. The lowest BCUT2D eigenvalue weighted by atomic mass is 10.1. The molecule has 0 saturated carbocycles. The number of amides is 1. The van der Waals surface area contributed by atoms with E-state index in [1.165, 1.54) is 0 Å². The summed E-state index contributed by atoms with van der Waals surface area (Å²) in [5, 5.41) is 6.11. The maximum absolute atomic E-state index is 11.2. The largest absolute Gasteiger partial charge is 0.356 e. The van der Waals surface area contributed by atoms with Gasteiger partial charge in [0.25, 0.3) is 0 Å². The SMILES string of the molecule is CCNCCCNC(=O)CC(C)C. The Morgan fingerprint density at radius 1 is 1.31 bits per heavy atom. The van der Waals surface area contributed by atoms with Gasteiger partial charge in [0.05, 0.1) is 0 Å². The van der Waals surface area contributed by atoms with Crippen molar-refractivity contribution in [3.8, 4) is 0 Å². The molecular weight excluding hydrogens is 164 g/mol. The molecule has 0 aliphatic rings. The van der Waals surface area contributed by atoms with Crippen LogP contribution in [0.1, 0.15) is 33.6 Å². The summed E-state index contributed by atoms with van der Waals surface area (Å²) in [5.41, 5.74) is 0. The minimum absolute atomic E-state index is 0.173. The maximum Gasteiger partial charge on any atom is 0.220 e. The number of hydrogen-bond acceptors (Lipinski definition) is 2. The van der Waals surface area contributed by atoms with Gasteiger partial charge in [-0.3, -0.25) is 4.79 Å². The number of hydrogen-bond donors (Lipinski definition) is 2. The Kier molecular flexibility index (Phi) is 7.69. The lowest BCUT2D eigenvalue weighted by molar-refractivity contribution is -0.121. The van der Waals surface area contributed by atoms with Crippen molar-refractivity contribution in [3.05, 3.63) is 0 Å². The molecule has 78 valence electrons. The molecule has 3 nitrogen and oxygen atoms in total. The first-order valence-corrected chi connectivity index (χ1v) is 5.14. The van der Waals surface area contributed by atoms with E-state index in [0.29, 0.717) is 12.3 Å². The molecule has 0 atom stereocenters. The number of carbonyl (C=O) groups excluding carboxylic acids is 1. The summed E-state index contributed by atoms with van der Waals surface area (Å²) in [7, 11) is 0. The van der Waals surface area contributed by atoms with E-state index in [-0.39, 0.29) is 5.91 Å². The standard InChI is InChI=1S/C10H22N2O/c1-4-11-6-5-7-12-10(13)8-9(2)3/h9,11H,4-8H2,1-3H3,(H,12,13). The minimum atomic E-state index is 0.173. The van der Waals surface area contributed by atoms with E-state index in [2.05, 4.69) is 31.4 Å². The summed E-state index contributed by atoms with van der Waals surface area (Å²) in [6, 6.07) is 0. The van der Waals surface area contributed by atoms with Crippen molar-refractivity contribution < 1.29 is 4.79 Å². The summed E-state index contributed by atoms with van der Waals surface area (Å²) < 4.78 is 0. The highest BCUT2D eigenvalue weighted by molar-refractivity contribution is 5.75. The summed E-state index contributed by atoms with van der Waals surface area (Å²) in [5.74, 6) is 0.625. The molecule has 1 amide bonds. The smallest absolute Gasteiger partial charge is 0.220 e. The van der Waals surface area contributed by atoms with Crippen LogP contribution in [0, 0.1) is 5.92 Å². The highest BCUT2D eigenvalue weighted by Crippen LogP contribution is 1.97. The first-order chi connectivity index (χ1) is 6.16. The van der Waals surface area contributed by atoms with Gasteiger partial charge in [-0.15, -0.1) is 0 Å². The topological polar surface area (TPSA) is 41.1 Å². The van der Waals surface area contributed by atoms with Gasteiger partial charge in [-0.1, -0.05) is 20.8 Å². The second-order valence-electron chi connectivity index (χ2n) is 3.66. The predicted octanol–water partition coefficient (Wildman–Crippen LogP) is 1.15. The van der Waals surface area contributed by atoms with Gasteiger partial charge >= 0.3 is 0 Å². The minimum Gasteiger partial charge on any atom is -0.356 e. The molecule has 3 heteroatoms. The average Bonchev–Trinajstić information content (AvgIpc) is 2.02. The zero-order valence-corrected chi connectivity index (χ0v) is 9.02. The van der Waals surface area contributed by atoms with Gasteiger partial charge in [-0.2, -0.15) is 0 Å². The van der Waals surface area contributed by atoms with E-state index in [1.807, 2.05) is 0 Å². The fourth-order valence-electron chi connectivity index (χ4n) is 1.06. The number of carbonyl (C=O) groups is 1. The van der Waals surface area contributed by atoms with E-state index in [9.17, 15) is 4.79 Å². The first-order valence-electron chi connectivity index (χ1n) is 5.14. The molecule has 0 aliphatic carbocycles. The van der Waals surface area contributed by atoms with E-state index in [4.69, 9.17) is 0 Å². The van der Waals surface area contributed by atoms with Crippen LogP contribution in [0.5, 0.6) is 0 Å². The quantitative estimate of drug-likeness (QED) is 0.586. The van der Waals surface area contributed by atoms with Crippen molar-refractivity contribution in [3.63, 3.8) is 0 Å². The van der Waals surface area contributed by atoms with Gasteiger partial charge in [-0.05, 0) is 25.4 Å². The predicted molar refractivity (Wildman–Crippen MR) is 55.6 cm³/mol. The Morgan fingerprint density at radius 2 is 2.00 bits per heavy atom. The zero-order valence-electron chi connectivity index (χ0n) is 9.02. The summed E-state index contributed by atoms with van der Waals surface area (Å²) in [6.45, 7) is 8.96. The van der Waals surface area contributed by atoms with E-state index in [1.54, 1.807) is 0 Å². The monoisotopic (exact) mass is 186 g/mol. The third-order valence-electron chi connectivity index (χ3n) is 1.70. The van der Waals surface area contributed by atoms with Crippen LogP contribution in [0.4, 0.5) is 0 Å². The van der Waals surface area contributed by atoms with Gasteiger partial charge in [0.2, 0.25) is 5.91 Å². The highest BCUT2D eigenvalue weighted by atomic mass is 16.1. The summed E-state index contributed by atoms with van der Waals surface area (Å²) in [4.78, 5) is 11.2. The number of rotatable bonds is 7. The van der Waals surface area contributed by atoms with Crippen LogP contribution < -0.4 is 10.6 Å². The van der Waals surface area contributed by atoms with Crippen molar-refractivity contribution >= 4 is 5.91 Å². The molecule has 13 heavy (non-hydrogen) atoms. The van der Waals surface area contributed by atoms with Gasteiger partial charge in [-0.25, -0.2) is 0 Å². The van der Waals surface area contributed by atoms with Crippen LogP contribution in [0.2, 0.25) is 0 Å². The van der Waals surface area contributed by atoms with Gasteiger partial charge < -0.3 is 10.6 Å². The normalized spacial score (nSPS) is 10.5. The summed E-state index contributed by atoms with van der Waals surface area (Å²) >= 11 is 0. The van der Waals surface area contributed by atoms with Crippen LogP contribution in [-0.4, -0.2) is 25.5 Å². The highest BCUT2D eigenvalue weighted by Gasteiger charge is 2.02. The van der Waals surface area contributed by atoms with Crippen molar-refractivity contribution in [1.29, 1.82) is 0 Å². The fourth-order valence-corrected chi connectivity index (χ4v) is 1.06. The molecule has 0 bridgehead atoms. The van der Waals surface area contributed by atoms with E-state index in [0.717, 1.165) is 26.1 Å². The Bertz CT molecular complexity index is 135. The molecule has 0 aliphatic heterocycles. The first kappa shape index (κ1) is 12.4. The van der Waals surface area contributed by atoms with E-state index >= 15 is 0 Å². The lowest BCUT2D eigenvalue weighted by Crippen LogP contribution is -2.28. The molecule has 0 aromatic rings. The van der Waals surface area contributed by atoms with Crippen LogP contribution in [0.25, 0.3) is 0 Å². The molecule has 0 aromatic heterocycles. The second-order valence-corrected chi connectivity index (χ2v) is 3.66. The van der Waals surface area contributed by atoms with Crippen LogP contribution in [0.15, 0.2) is 0 Å². The maximum atomic E-state index is 11.2. The molecule has 0 unspecified atom stereocenters. The van der Waals surface area contributed by atoms with Crippen LogP contribution in [-0.2, 0) is 4.79 Å². The van der Waals surface area contributed by atoms with Crippen molar-refractivity contribution in [2.24, 2.45) is 5.92 Å². The second kappa shape index (κ2) is 8.05. The van der Waals surface area contributed by atoms with Crippen LogP contribution in [0.3, 0.4) is 0 Å². The van der Waals surface area contributed by atoms with Crippen molar-refractivity contribution in [2.75, 3.05) is 19.6 Å². The molecule has 0 rings (SSSR count). The fraction of sp³-hybridized carbons (Fsp3) is 0.900. The van der Waals surface area contributed by atoms with Gasteiger partial charge in [0.1, 0.15) is 0 Å². The molecule has 0 radical (unpaired) electrons. The molecule has 0 fully saturated rings. The third-order valence-corrected chi connectivity index (χ3v) is 1.70. The Morgan fingerprint density at radius 3 is 2.54 bits per heavy atom. The third kappa shape index (κ3) is 9.34. The molecule has 0 heterocycles. The van der Waals surface area contributed by atoms with Crippen LogP contribution >= 0.6 is 0 Å². The van der Waals surface area contributed by atoms with Crippen molar-refractivity contribution in [1.82, 2.24) is 10.6 Å². The van der Waals surface area contributed by atoms with E-state index < -0.39 is 0 Å². The van der Waals surface area contributed by atoms with Crippen molar-refractivity contribution in [2.45, 2.75) is 33.6 Å². The molecule has 0 saturated heterocycles. The van der Waals surface area contributed by atoms with Gasteiger partial charge in [0, 0.05) is 13.0 Å². The molecule has 2 N–H and O–H groups in total. The zero-order chi connectivity index (χ0) is 10.1. The average molecular weight is 186 g/mol. The Labute approximate surface area is 81.3 Å². The molecular formula is C10H22N2O. The Hall–Kier alpha value is -0.570.